The molecule has 1 heterocycles. The molecule has 1 aliphatic rings. The zero-order valence-corrected chi connectivity index (χ0v) is 11.6. The van der Waals surface area contributed by atoms with Crippen molar-refractivity contribution in [2.24, 2.45) is 5.92 Å². The van der Waals surface area contributed by atoms with Crippen LogP contribution in [0, 0.1) is 5.92 Å². The second kappa shape index (κ2) is 8.64. The van der Waals surface area contributed by atoms with Crippen LogP contribution in [-0.2, 0) is 4.74 Å². The van der Waals surface area contributed by atoms with Gasteiger partial charge in [0.2, 0.25) is 0 Å². The summed E-state index contributed by atoms with van der Waals surface area (Å²) >= 11 is 1.91. The first-order valence-electron chi connectivity index (χ1n) is 6.38. The fourth-order valence-electron chi connectivity index (χ4n) is 1.65. The van der Waals surface area contributed by atoms with E-state index in [2.05, 4.69) is 24.5 Å². The van der Waals surface area contributed by atoms with Crippen LogP contribution in [0.3, 0.4) is 0 Å². The summed E-state index contributed by atoms with van der Waals surface area (Å²) < 4.78 is 5.39. The molecule has 17 heavy (non-hydrogen) atoms. The van der Waals surface area contributed by atoms with Gasteiger partial charge in [-0.05, 0) is 24.5 Å². The van der Waals surface area contributed by atoms with Gasteiger partial charge in [0.05, 0.1) is 6.61 Å². The summed E-state index contributed by atoms with van der Waals surface area (Å²) in [6.45, 7) is 6.15. The summed E-state index contributed by atoms with van der Waals surface area (Å²) in [6.07, 6.45) is 2.30. The average Bonchev–Trinajstić information content (AvgIpc) is 2.29. The smallest absolute Gasteiger partial charge is 0.315 e. The van der Waals surface area contributed by atoms with Crippen molar-refractivity contribution in [3.05, 3.63) is 0 Å². The molecule has 0 saturated carbocycles. The highest BCUT2D eigenvalue weighted by atomic mass is 32.2. The van der Waals surface area contributed by atoms with Gasteiger partial charge in [0.15, 0.2) is 0 Å². The van der Waals surface area contributed by atoms with Crippen molar-refractivity contribution in [2.45, 2.75) is 32.7 Å². The Morgan fingerprint density at radius 1 is 1.53 bits per heavy atom. The number of rotatable bonds is 6. The molecule has 1 atom stereocenters. The lowest BCUT2D eigenvalue weighted by atomic mass is 10.2. The zero-order valence-electron chi connectivity index (χ0n) is 10.8. The topological polar surface area (TPSA) is 50.4 Å². The molecule has 0 radical (unpaired) electrons. The van der Waals surface area contributed by atoms with Crippen molar-refractivity contribution in [1.82, 2.24) is 10.6 Å². The highest BCUT2D eigenvalue weighted by Gasteiger charge is 2.15. The van der Waals surface area contributed by atoms with E-state index in [9.17, 15) is 4.79 Å². The molecule has 0 aromatic rings. The third-order valence-electron chi connectivity index (χ3n) is 2.48. The molecule has 100 valence electrons. The maximum Gasteiger partial charge on any atom is 0.315 e. The van der Waals surface area contributed by atoms with Gasteiger partial charge in [-0.25, -0.2) is 4.79 Å². The van der Waals surface area contributed by atoms with Gasteiger partial charge in [0.25, 0.3) is 0 Å². The molecular formula is C12H24N2O2S. The highest BCUT2D eigenvalue weighted by Crippen LogP contribution is 2.16. The van der Waals surface area contributed by atoms with Crippen LogP contribution in [0.5, 0.6) is 0 Å². The van der Waals surface area contributed by atoms with E-state index in [1.54, 1.807) is 0 Å². The summed E-state index contributed by atoms with van der Waals surface area (Å²) in [4.78, 5) is 11.5. The first kappa shape index (κ1) is 14.6. The van der Waals surface area contributed by atoms with Crippen molar-refractivity contribution < 1.29 is 9.53 Å². The lowest BCUT2D eigenvalue weighted by Crippen LogP contribution is -2.45. The van der Waals surface area contributed by atoms with Gasteiger partial charge >= 0.3 is 6.03 Å². The van der Waals surface area contributed by atoms with Crippen molar-refractivity contribution in [2.75, 3.05) is 31.3 Å². The van der Waals surface area contributed by atoms with E-state index in [4.69, 9.17) is 4.74 Å². The minimum absolute atomic E-state index is 0.0642. The fourth-order valence-corrected chi connectivity index (χ4v) is 2.72. The van der Waals surface area contributed by atoms with Crippen LogP contribution in [0.2, 0.25) is 0 Å². The summed E-state index contributed by atoms with van der Waals surface area (Å²) in [5.41, 5.74) is 0. The Morgan fingerprint density at radius 2 is 2.35 bits per heavy atom. The Balaban J connectivity index is 1.97. The molecule has 0 unspecified atom stereocenters. The third-order valence-corrected chi connectivity index (χ3v) is 3.69. The van der Waals surface area contributed by atoms with Crippen LogP contribution >= 0.6 is 11.8 Å². The summed E-state index contributed by atoms with van der Waals surface area (Å²) in [6, 6.07) is 0.274. The van der Waals surface area contributed by atoms with E-state index >= 15 is 0 Å². The Bertz CT molecular complexity index is 219. The van der Waals surface area contributed by atoms with Gasteiger partial charge < -0.3 is 15.4 Å². The van der Waals surface area contributed by atoms with Crippen molar-refractivity contribution in [3.63, 3.8) is 0 Å². The molecule has 0 aliphatic carbocycles. The monoisotopic (exact) mass is 260 g/mol. The minimum atomic E-state index is -0.0642. The number of hydrogen-bond acceptors (Lipinski definition) is 3. The van der Waals surface area contributed by atoms with Gasteiger partial charge in [-0.3, -0.25) is 0 Å². The number of carbonyl (C=O) groups excluding carboxylic acids is 1. The molecule has 0 aromatic carbocycles. The molecule has 5 heteroatoms. The predicted octanol–water partition coefficient (Wildman–Crippen LogP) is 1.85. The van der Waals surface area contributed by atoms with Crippen LogP contribution < -0.4 is 10.6 Å². The van der Waals surface area contributed by atoms with Crippen molar-refractivity contribution >= 4 is 17.8 Å². The normalized spacial score (nSPS) is 20.3. The molecule has 1 fully saturated rings. The van der Waals surface area contributed by atoms with Crippen molar-refractivity contribution in [1.29, 1.82) is 0 Å². The van der Waals surface area contributed by atoms with Gasteiger partial charge in [-0.15, -0.1) is 0 Å². The van der Waals surface area contributed by atoms with Gasteiger partial charge in [-0.1, -0.05) is 13.8 Å². The molecule has 1 saturated heterocycles. The van der Waals surface area contributed by atoms with Crippen LogP contribution in [0.15, 0.2) is 0 Å². The number of hydrogen-bond donors (Lipinski definition) is 2. The molecule has 2 amide bonds. The summed E-state index contributed by atoms with van der Waals surface area (Å²) in [5, 5.41) is 5.81. The Kier molecular flexibility index (Phi) is 7.44. The number of carbonyl (C=O) groups is 1. The Hall–Kier alpha value is -0.420. The number of nitrogens with one attached hydrogen (secondary N) is 2. The number of amides is 2. The van der Waals surface area contributed by atoms with E-state index in [0.29, 0.717) is 25.1 Å². The van der Waals surface area contributed by atoms with Crippen LogP contribution in [-0.4, -0.2) is 43.3 Å². The SMILES string of the molecule is CC(C)COCCNC(=O)N[C@H]1CCCSC1. The summed E-state index contributed by atoms with van der Waals surface area (Å²) in [7, 11) is 0. The second-order valence-electron chi connectivity index (χ2n) is 4.78. The second-order valence-corrected chi connectivity index (χ2v) is 5.93. The molecule has 1 rings (SSSR count). The lowest BCUT2D eigenvalue weighted by molar-refractivity contribution is 0.112. The lowest BCUT2D eigenvalue weighted by Gasteiger charge is -2.22. The van der Waals surface area contributed by atoms with E-state index in [1.807, 2.05) is 11.8 Å². The zero-order chi connectivity index (χ0) is 12.5. The van der Waals surface area contributed by atoms with Gasteiger partial charge in [0, 0.05) is 24.9 Å². The molecule has 0 bridgehead atoms. The molecule has 0 aromatic heterocycles. The van der Waals surface area contributed by atoms with Crippen LogP contribution in [0.25, 0.3) is 0 Å². The first-order chi connectivity index (χ1) is 8.18. The molecular weight excluding hydrogens is 236 g/mol. The molecule has 2 N–H and O–H groups in total. The first-order valence-corrected chi connectivity index (χ1v) is 7.54. The third kappa shape index (κ3) is 7.49. The predicted molar refractivity (Wildman–Crippen MR) is 72.5 cm³/mol. The van der Waals surface area contributed by atoms with Crippen LogP contribution in [0.1, 0.15) is 26.7 Å². The standard InChI is InChI=1S/C12H24N2O2S/c1-10(2)8-16-6-5-13-12(15)14-11-4-3-7-17-9-11/h10-11H,3-9H2,1-2H3,(H2,13,14,15)/t11-/m0/s1. The highest BCUT2D eigenvalue weighted by molar-refractivity contribution is 7.99. The Morgan fingerprint density at radius 3 is 3.00 bits per heavy atom. The van der Waals surface area contributed by atoms with E-state index in [0.717, 1.165) is 18.8 Å². The largest absolute Gasteiger partial charge is 0.379 e. The maximum absolute atomic E-state index is 11.5. The number of ether oxygens (including phenoxy) is 1. The molecule has 4 nitrogen and oxygen atoms in total. The van der Waals surface area contributed by atoms with E-state index < -0.39 is 0 Å². The van der Waals surface area contributed by atoms with Gasteiger partial charge in [-0.2, -0.15) is 11.8 Å². The maximum atomic E-state index is 11.5. The van der Waals surface area contributed by atoms with E-state index in [-0.39, 0.29) is 6.03 Å². The minimum Gasteiger partial charge on any atom is -0.379 e. The molecule has 1 aliphatic heterocycles. The fraction of sp³-hybridized carbons (Fsp3) is 0.917. The van der Waals surface area contributed by atoms with Crippen molar-refractivity contribution in [3.8, 4) is 0 Å². The van der Waals surface area contributed by atoms with Crippen LogP contribution in [0.4, 0.5) is 4.79 Å². The number of thioether (sulfide) groups is 1. The average molecular weight is 260 g/mol. The van der Waals surface area contributed by atoms with E-state index in [1.165, 1.54) is 12.2 Å². The van der Waals surface area contributed by atoms with Gasteiger partial charge in [0.1, 0.15) is 0 Å². The number of urea groups is 1. The Labute approximate surface area is 108 Å². The quantitative estimate of drug-likeness (QED) is 0.717. The summed E-state index contributed by atoms with van der Waals surface area (Å²) in [5.74, 6) is 2.81. The molecule has 0 spiro atoms.